The Labute approximate surface area is 172 Å². The highest BCUT2D eigenvalue weighted by Gasteiger charge is 2.59. The Morgan fingerprint density at radius 1 is 1.40 bits per heavy atom. The second-order valence-corrected chi connectivity index (χ2v) is 8.25. The fourth-order valence-corrected chi connectivity index (χ4v) is 4.87. The number of aliphatic imine (C=N–C) groups is 1. The predicted molar refractivity (Wildman–Crippen MR) is 115 cm³/mol. The molecule has 2 saturated carbocycles. The molecule has 2 aliphatic rings. The molecule has 1 heterocycles. The van der Waals surface area contributed by atoms with Crippen molar-refractivity contribution < 1.29 is 4.74 Å². The molecule has 1 spiro atoms. The number of nitrogens with zero attached hydrogens (tertiary/aromatic N) is 2. The number of rotatable bonds is 6. The molecule has 0 bridgehead atoms. The van der Waals surface area contributed by atoms with Crippen LogP contribution in [0.3, 0.4) is 0 Å². The van der Waals surface area contributed by atoms with Crippen LogP contribution in [0, 0.1) is 19.3 Å². The number of guanidine groups is 1. The molecule has 0 radical (unpaired) electrons. The first-order valence-corrected chi connectivity index (χ1v) is 9.92. The number of aromatic nitrogens is 1. The van der Waals surface area contributed by atoms with Crippen molar-refractivity contribution in [2.24, 2.45) is 10.4 Å². The predicted octanol–water partition coefficient (Wildman–Crippen LogP) is 3.43. The van der Waals surface area contributed by atoms with E-state index in [-0.39, 0.29) is 24.0 Å². The maximum atomic E-state index is 5.93. The summed E-state index contributed by atoms with van der Waals surface area (Å²) < 4.78 is 5.93. The van der Waals surface area contributed by atoms with Crippen LogP contribution in [-0.2, 0) is 11.2 Å². The molecule has 2 fully saturated rings. The highest BCUT2D eigenvalue weighted by Crippen LogP contribution is 2.57. The van der Waals surface area contributed by atoms with Gasteiger partial charge in [0.25, 0.3) is 0 Å². The second kappa shape index (κ2) is 8.99. The summed E-state index contributed by atoms with van der Waals surface area (Å²) in [6.07, 6.45) is 6.37. The fourth-order valence-electron chi connectivity index (χ4n) is 3.93. The standard InChI is InChI=1S/C18H30N4OS.HI/c1-5-23-15-11-14(18(15)8-6-9-18)22-17(19-4)20-10-7-16-21-12(2)13(3)24-16;/h14-15H,5-11H2,1-4H3,(H2,19,20,22);1H. The quantitative estimate of drug-likeness (QED) is 0.374. The van der Waals surface area contributed by atoms with Gasteiger partial charge in [-0.1, -0.05) is 6.42 Å². The molecule has 5 nitrogen and oxygen atoms in total. The van der Waals surface area contributed by atoms with E-state index in [0.29, 0.717) is 17.6 Å². The largest absolute Gasteiger partial charge is 0.378 e. The molecule has 2 unspecified atom stereocenters. The number of hydrogen-bond donors (Lipinski definition) is 2. The first-order valence-electron chi connectivity index (χ1n) is 9.10. The average molecular weight is 478 g/mol. The summed E-state index contributed by atoms with van der Waals surface area (Å²) in [5, 5.41) is 8.27. The lowest BCUT2D eigenvalue weighted by atomic mass is 9.51. The number of ether oxygens (including phenoxy) is 1. The van der Waals surface area contributed by atoms with Crippen LogP contribution in [0.4, 0.5) is 0 Å². The molecule has 3 rings (SSSR count). The van der Waals surface area contributed by atoms with Gasteiger partial charge in [0, 0.05) is 43.0 Å². The molecule has 25 heavy (non-hydrogen) atoms. The van der Waals surface area contributed by atoms with E-state index in [0.717, 1.165) is 37.6 Å². The Balaban J connectivity index is 0.00000225. The maximum absolute atomic E-state index is 5.93. The van der Waals surface area contributed by atoms with Gasteiger partial charge in [0.1, 0.15) is 0 Å². The van der Waals surface area contributed by atoms with Crippen LogP contribution in [0.15, 0.2) is 4.99 Å². The maximum Gasteiger partial charge on any atom is 0.191 e. The van der Waals surface area contributed by atoms with Gasteiger partial charge in [-0.15, -0.1) is 35.3 Å². The molecule has 1 aromatic rings. The van der Waals surface area contributed by atoms with Crippen molar-refractivity contribution in [3.05, 3.63) is 15.6 Å². The minimum atomic E-state index is 0. The zero-order valence-electron chi connectivity index (χ0n) is 15.7. The average Bonchev–Trinajstić information content (AvgIpc) is 2.81. The topological polar surface area (TPSA) is 58.5 Å². The lowest BCUT2D eigenvalue weighted by Crippen LogP contribution is -2.68. The Morgan fingerprint density at radius 3 is 2.68 bits per heavy atom. The summed E-state index contributed by atoms with van der Waals surface area (Å²) in [5.41, 5.74) is 1.51. The molecule has 0 aromatic carbocycles. The summed E-state index contributed by atoms with van der Waals surface area (Å²) in [4.78, 5) is 10.3. The minimum Gasteiger partial charge on any atom is -0.378 e. The zero-order valence-corrected chi connectivity index (χ0v) is 18.9. The monoisotopic (exact) mass is 478 g/mol. The van der Waals surface area contributed by atoms with Crippen LogP contribution in [0.1, 0.15) is 48.2 Å². The van der Waals surface area contributed by atoms with E-state index >= 15 is 0 Å². The smallest absolute Gasteiger partial charge is 0.191 e. The highest BCUT2D eigenvalue weighted by atomic mass is 127. The third-order valence-electron chi connectivity index (χ3n) is 5.68. The van der Waals surface area contributed by atoms with Gasteiger partial charge >= 0.3 is 0 Å². The van der Waals surface area contributed by atoms with E-state index in [4.69, 9.17) is 4.74 Å². The molecule has 7 heteroatoms. The Morgan fingerprint density at radius 2 is 2.16 bits per heavy atom. The third kappa shape index (κ3) is 4.30. The van der Waals surface area contributed by atoms with Crippen molar-refractivity contribution in [1.82, 2.24) is 15.6 Å². The van der Waals surface area contributed by atoms with Crippen LogP contribution in [0.5, 0.6) is 0 Å². The van der Waals surface area contributed by atoms with E-state index < -0.39 is 0 Å². The second-order valence-electron chi connectivity index (χ2n) is 6.96. The van der Waals surface area contributed by atoms with Gasteiger partial charge in [-0.05, 0) is 40.0 Å². The summed E-state index contributed by atoms with van der Waals surface area (Å²) >= 11 is 1.79. The van der Waals surface area contributed by atoms with E-state index in [2.05, 4.69) is 41.4 Å². The normalized spacial score (nSPS) is 24.2. The van der Waals surface area contributed by atoms with Crippen LogP contribution in [-0.4, -0.2) is 43.3 Å². The van der Waals surface area contributed by atoms with Crippen LogP contribution in [0.25, 0.3) is 0 Å². The molecule has 0 saturated heterocycles. The van der Waals surface area contributed by atoms with Crippen molar-refractivity contribution in [1.29, 1.82) is 0 Å². The molecular formula is C18H31IN4OS. The van der Waals surface area contributed by atoms with E-state index in [9.17, 15) is 0 Å². The van der Waals surface area contributed by atoms with Gasteiger partial charge in [-0.3, -0.25) is 4.99 Å². The highest BCUT2D eigenvalue weighted by molar-refractivity contribution is 14.0. The van der Waals surface area contributed by atoms with Crippen molar-refractivity contribution in [3.63, 3.8) is 0 Å². The van der Waals surface area contributed by atoms with Crippen LogP contribution < -0.4 is 10.6 Å². The van der Waals surface area contributed by atoms with Gasteiger partial charge in [0.2, 0.25) is 0 Å². The number of nitrogens with one attached hydrogen (secondary N) is 2. The molecule has 2 atom stereocenters. The lowest BCUT2D eigenvalue weighted by molar-refractivity contribution is -0.168. The van der Waals surface area contributed by atoms with Crippen molar-refractivity contribution in [2.75, 3.05) is 20.2 Å². The molecule has 2 aliphatic carbocycles. The van der Waals surface area contributed by atoms with E-state index in [1.165, 1.54) is 29.1 Å². The van der Waals surface area contributed by atoms with Crippen molar-refractivity contribution in [2.45, 2.75) is 65.0 Å². The molecule has 1 aromatic heterocycles. The van der Waals surface area contributed by atoms with E-state index in [1.54, 1.807) is 11.3 Å². The number of thiazole rings is 1. The first kappa shape index (κ1) is 20.9. The van der Waals surface area contributed by atoms with Gasteiger partial charge < -0.3 is 15.4 Å². The zero-order chi connectivity index (χ0) is 17.2. The SMILES string of the molecule is CCOC1CC(NC(=NC)NCCc2nc(C)c(C)s2)C12CCC2.I. The summed E-state index contributed by atoms with van der Waals surface area (Å²) in [6, 6.07) is 0.498. The van der Waals surface area contributed by atoms with Gasteiger partial charge in [0.05, 0.1) is 16.8 Å². The van der Waals surface area contributed by atoms with Crippen molar-refractivity contribution >= 4 is 41.3 Å². The molecule has 142 valence electrons. The Kier molecular flexibility index (Phi) is 7.52. The van der Waals surface area contributed by atoms with Gasteiger partial charge in [0.15, 0.2) is 5.96 Å². The van der Waals surface area contributed by atoms with E-state index in [1.807, 2.05) is 7.05 Å². The Bertz CT molecular complexity index is 580. The van der Waals surface area contributed by atoms with Crippen LogP contribution >= 0.6 is 35.3 Å². The first-order chi connectivity index (χ1) is 11.6. The molecule has 0 amide bonds. The number of hydrogen-bond acceptors (Lipinski definition) is 4. The van der Waals surface area contributed by atoms with Gasteiger partial charge in [-0.25, -0.2) is 4.98 Å². The minimum absolute atomic E-state index is 0. The third-order valence-corrected chi connectivity index (χ3v) is 6.81. The number of halogens is 1. The lowest BCUT2D eigenvalue weighted by Gasteiger charge is -2.61. The molecule has 0 aliphatic heterocycles. The van der Waals surface area contributed by atoms with Crippen molar-refractivity contribution in [3.8, 4) is 0 Å². The summed E-state index contributed by atoms with van der Waals surface area (Å²) in [7, 11) is 1.85. The fraction of sp³-hybridized carbons (Fsp3) is 0.778. The van der Waals surface area contributed by atoms with Gasteiger partial charge in [-0.2, -0.15) is 0 Å². The summed E-state index contributed by atoms with van der Waals surface area (Å²) in [6.45, 7) is 7.98. The Hall–Kier alpha value is -0.410. The molecular weight excluding hydrogens is 447 g/mol. The summed E-state index contributed by atoms with van der Waals surface area (Å²) in [5.74, 6) is 0.909. The molecule has 2 N–H and O–H groups in total. The number of aryl methyl sites for hydroxylation is 2. The van der Waals surface area contributed by atoms with Crippen LogP contribution in [0.2, 0.25) is 0 Å².